The van der Waals surface area contributed by atoms with Crippen LogP contribution in [0.15, 0.2) is 24.3 Å². The molecule has 4 heteroatoms. The molecule has 124 valence electrons. The van der Waals surface area contributed by atoms with Crippen LogP contribution in [0.4, 0.5) is 4.79 Å². The minimum Gasteiger partial charge on any atom is -0.491 e. The zero-order chi connectivity index (χ0) is 16.4. The van der Waals surface area contributed by atoms with Gasteiger partial charge >= 0.3 is 6.03 Å². The molecule has 1 aromatic carbocycles. The van der Waals surface area contributed by atoms with Gasteiger partial charge < -0.3 is 15.0 Å². The lowest BCUT2D eigenvalue weighted by molar-refractivity contribution is 0.194. The van der Waals surface area contributed by atoms with Crippen molar-refractivity contribution in [3.63, 3.8) is 0 Å². The molecular formula is C18H30N2O2. The Morgan fingerprint density at radius 2 is 1.82 bits per heavy atom. The van der Waals surface area contributed by atoms with Gasteiger partial charge in [0.1, 0.15) is 12.4 Å². The molecule has 0 bridgehead atoms. The van der Waals surface area contributed by atoms with E-state index in [9.17, 15) is 4.79 Å². The van der Waals surface area contributed by atoms with E-state index in [1.165, 1.54) is 5.56 Å². The highest BCUT2D eigenvalue weighted by molar-refractivity contribution is 5.74. The number of rotatable bonds is 9. The number of nitrogens with zero attached hydrogens (tertiary/aromatic N) is 1. The lowest BCUT2D eigenvalue weighted by Gasteiger charge is -2.22. The van der Waals surface area contributed by atoms with E-state index < -0.39 is 0 Å². The number of benzene rings is 1. The summed E-state index contributed by atoms with van der Waals surface area (Å²) >= 11 is 0. The number of hydrogen-bond acceptors (Lipinski definition) is 2. The van der Waals surface area contributed by atoms with E-state index in [1.54, 1.807) is 0 Å². The molecular weight excluding hydrogens is 276 g/mol. The van der Waals surface area contributed by atoms with Crippen molar-refractivity contribution >= 4 is 6.03 Å². The first-order valence-corrected chi connectivity index (χ1v) is 8.34. The van der Waals surface area contributed by atoms with Crippen LogP contribution < -0.4 is 10.1 Å². The van der Waals surface area contributed by atoms with Gasteiger partial charge in [-0.15, -0.1) is 0 Å². The minimum atomic E-state index is 0.00412. The summed E-state index contributed by atoms with van der Waals surface area (Å²) < 4.78 is 5.82. The molecule has 0 saturated carbocycles. The molecule has 0 aromatic heterocycles. The number of nitrogens with one attached hydrogen (secondary N) is 1. The Hall–Kier alpha value is -1.71. The molecule has 4 nitrogen and oxygen atoms in total. The third kappa shape index (κ3) is 5.96. The third-order valence-electron chi connectivity index (χ3n) is 3.45. The standard InChI is InChI=1S/C18H30N2O2/c1-5-12-20(13-6-2)18(21)19-11-14-22-17-10-8-7-9-16(17)15(3)4/h7-10,15H,5-6,11-14H2,1-4H3,(H,19,21). The average molecular weight is 306 g/mol. The molecule has 0 unspecified atom stereocenters. The largest absolute Gasteiger partial charge is 0.491 e. The normalized spacial score (nSPS) is 10.6. The molecule has 1 aromatic rings. The quantitative estimate of drug-likeness (QED) is 0.700. The molecule has 0 spiro atoms. The van der Waals surface area contributed by atoms with Gasteiger partial charge in [0.2, 0.25) is 0 Å². The molecule has 0 aliphatic heterocycles. The van der Waals surface area contributed by atoms with Crippen molar-refractivity contribution in [3.05, 3.63) is 29.8 Å². The number of amides is 2. The lowest BCUT2D eigenvalue weighted by Crippen LogP contribution is -2.42. The number of carbonyl (C=O) groups excluding carboxylic acids is 1. The van der Waals surface area contributed by atoms with Gasteiger partial charge in [0.25, 0.3) is 0 Å². The summed E-state index contributed by atoms with van der Waals surface area (Å²) in [6, 6.07) is 8.08. The van der Waals surface area contributed by atoms with Crippen LogP contribution in [0.2, 0.25) is 0 Å². The Bertz CT molecular complexity index is 440. The molecule has 0 fully saturated rings. The second-order valence-electron chi connectivity index (χ2n) is 5.76. The smallest absolute Gasteiger partial charge is 0.317 e. The van der Waals surface area contributed by atoms with Crippen LogP contribution in [0.1, 0.15) is 52.0 Å². The van der Waals surface area contributed by atoms with Gasteiger partial charge in [0.15, 0.2) is 0 Å². The number of carbonyl (C=O) groups is 1. The molecule has 0 heterocycles. The van der Waals surface area contributed by atoms with Gasteiger partial charge in [0, 0.05) is 13.1 Å². The highest BCUT2D eigenvalue weighted by Gasteiger charge is 2.11. The van der Waals surface area contributed by atoms with Gasteiger partial charge in [0.05, 0.1) is 6.54 Å². The van der Waals surface area contributed by atoms with Gasteiger partial charge in [-0.3, -0.25) is 0 Å². The Labute approximate surface area is 134 Å². The molecule has 0 saturated heterocycles. The Morgan fingerprint density at radius 3 is 2.41 bits per heavy atom. The highest BCUT2D eigenvalue weighted by atomic mass is 16.5. The van der Waals surface area contributed by atoms with Crippen molar-refractivity contribution in [1.29, 1.82) is 0 Å². The fraction of sp³-hybridized carbons (Fsp3) is 0.611. The van der Waals surface area contributed by atoms with E-state index in [4.69, 9.17) is 4.74 Å². The van der Waals surface area contributed by atoms with Crippen LogP contribution in [0.3, 0.4) is 0 Å². The molecule has 1 N–H and O–H groups in total. The zero-order valence-corrected chi connectivity index (χ0v) is 14.4. The average Bonchev–Trinajstić information content (AvgIpc) is 2.51. The van der Waals surface area contributed by atoms with Gasteiger partial charge in [-0.2, -0.15) is 0 Å². The molecule has 1 rings (SSSR count). The fourth-order valence-electron chi connectivity index (χ4n) is 2.37. The van der Waals surface area contributed by atoms with Crippen molar-refractivity contribution in [2.45, 2.75) is 46.5 Å². The number of urea groups is 1. The predicted molar refractivity (Wildman–Crippen MR) is 91.6 cm³/mol. The maximum atomic E-state index is 12.1. The lowest BCUT2D eigenvalue weighted by atomic mass is 10.0. The maximum absolute atomic E-state index is 12.1. The summed E-state index contributed by atoms with van der Waals surface area (Å²) in [5.41, 5.74) is 1.20. The SMILES string of the molecule is CCCN(CCC)C(=O)NCCOc1ccccc1C(C)C. The zero-order valence-electron chi connectivity index (χ0n) is 14.4. The first kappa shape index (κ1) is 18.3. The highest BCUT2D eigenvalue weighted by Crippen LogP contribution is 2.25. The maximum Gasteiger partial charge on any atom is 0.317 e. The summed E-state index contributed by atoms with van der Waals surface area (Å²) in [7, 11) is 0. The van der Waals surface area contributed by atoms with Crippen molar-refractivity contribution in [2.75, 3.05) is 26.2 Å². The first-order valence-electron chi connectivity index (χ1n) is 8.34. The van der Waals surface area contributed by atoms with E-state index in [1.807, 2.05) is 23.1 Å². The molecule has 0 atom stereocenters. The summed E-state index contributed by atoms with van der Waals surface area (Å²) in [6.45, 7) is 11.1. The Morgan fingerprint density at radius 1 is 1.18 bits per heavy atom. The monoisotopic (exact) mass is 306 g/mol. The van der Waals surface area contributed by atoms with Crippen LogP contribution in [0.5, 0.6) is 5.75 Å². The number of para-hydroxylation sites is 1. The second-order valence-corrected chi connectivity index (χ2v) is 5.76. The summed E-state index contributed by atoms with van der Waals surface area (Å²) in [5.74, 6) is 1.33. The van der Waals surface area contributed by atoms with E-state index in [0.29, 0.717) is 19.1 Å². The van der Waals surface area contributed by atoms with Crippen LogP contribution in [0.25, 0.3) is 0 Å². The first-order chi connectivity index (χ1) is 10.6. The van der Waals surface area contributed by atoms with Gasteiger partial charge in [-0.05, 0) is 30.4 Å². The van der Waals surface area contributed by atoms with Crippen LogP contribution >= 0.6 is 0 Å². The summed E-state index contributed by atoms with van der Waals surface area (Å²) in [5, 5.41) is 2.93. The van der Waals surface area contributed by atoms with Gasteiger partial charge in [-0.1, -0.05) is 45.9 Å². The molecule has 0 aliphatic rings. The van der Waals surface area contributed by atoms with E-state index in [2.05, 4.69) is 39.1 Å². The molecule has 0 radical (unpaired) electrons. The Kier molecular flexibility index (Phi) is 8.41. The Balaban J connectivity index is 2.40. The third-order valence-corrected chi connectivity index (χ3v) is 3.45. The number of ether oxygens (including phenoxy) is 1. The van der Waals surface area contributed by atoms with Crippen LogP contribution in [-0.4, -0.2) is 37.2 Å². The summed E-state index contributed by atoms with van der Waals surface area (Å²) in [6.07, 6.45) is 1.96. The van der Waals surface area contributed by atoms with E-state index in [-0.39, 0.29) is 6.03 Å². The fourth-order valence-corrected chi connectivity index (χ4v) is 2.37. The van der Waals surface area contributed by atoms with Crippen molar-refractivity contribution in [2.24, 2.45) is 0 Å². The van der Waals surface area contributed by atoms with Crippen molar-refractivity contribution in [1.82, 2.24) is 10.2 Å². The molecule has 22 heavy (non-hydrogen) atoms. The van der Waals surface area contributed by atoms with Gasteiger partial charge in [-0.25, -0.2) is 4.79 Å². The molecule has 2 amide bonds. The predicted octanol–water partition coefficient (Wildman–Crippen LogP) is 4.02. The minimum absolute atomic E-state index is 0.00412. The van der Waals surface area contributed by atoms with Crippen molar-refractivity contribution in [3.8, 4) is 5.75 Å². The van der Waals surface area contributed by atoms with Crippen molar-refractivity contribution < 1.29 is 9.53 Å². The topological polar surface area (TPSA) is 41.6 Å². The summed E-state index contributed by atoms with van der Waals surface area (Å²) in [4.78, 5) is 13.9. The number of hydrogen-bond donors (Lipinski definition) is 1. The molecule has 0 aliphatic carbocycles. The second kappa shape index (κ2) is 10.1. The van der Waals surface area contributed by atoms with E-state index in [0.717, 1.165) is 31.7 Å². The van der Waals surface area contributed by atoms with Crippen LogP contribution in [0, 0.1) is 0 Å². The van der Waals surface area contributed by atoms with E-state index >= 15 is 0 Å². The van der Waals surface area contributed by atoms with Crippen LogP contribution in [-0.2, 0) is 0 Å².